The van der Waals surface area contributed by atoms with E-state index >= 15 is 0 Å². The molecule has 0 radical (unpaired) electrons. The van der Waals surface area contributed by atoms with E-state index in [1.807, 2.05) is 72.8 Å². The first-order valence-corrected chi connectivity index (χ1v) is 9.68. The molecule has 0 aliphatic rings. The molecule has 0 saturated heterocycles. The van der Waals surface area contributed by atoms with Crippen LogP contribution in [-0.2, 0) is 19.7 Å². The third-order valence-electron chi connectivity index (χ3n) is 4.53. The van der Waals surface area contributed by atoms with Gasteiger partial charge in [-0.1, -0.05) is 48.5 Å². The zero-order valence-corrected chi connectivity index (χ0v) is 20.0. The van der Waals surface area contributed by atoms with Crippen molar-refractivity contribution in [2.24, 2.45) is 10.7 Å². The summed E-state index contributed by atoms with van der Waals surface area (Å²) in [5.74, 6) is 2.57. The third kappa shape index (κ3) is 7.67. The van der Waals surface area contributed by atoms with Crippen molar-refractivity contribution in [2.45, 2.75) is 19.7 Å². The molecule has 3 aromatic carbocycles. The monoisotopic (exact) mass is 533 g/mol. The molecule has 0 amide bonds. The fraction of sp³-hybridized carbons (Fsp3) is 0.208. The maximum atomic E-state index is 6.00. The van der Waals surface area contributed by atoms with Gasteiger partial charge in [-0.25, -0.2) is 4.99 Å². The fourth-order valence-corrected chi connectivity index (χ4v) is 2.85. The first-order chi connectivity index (χ1) is 14.7. The van der Waals surface area contributed by atoms with Gasteiger partial charge in [0.05, 0.1) is 20.8 Å². The largest absolute Gasteiger partial charge is 0.493 e. The number of halogens is 1. The zero-order chi connectivity index (χ0) is 21.2. The van der Waals surface area contributed by atoms with E-state index in [-0.39, 0.29) is 24.0 Å². The molecule has 31 heavy (non-hydrogen) atoms. The first-order valence-electron chi connectivity index (χ1n) is 9.68. The molecule has 0 unspecified atom stereocenters. The summed E-state index contributed by atoms with van der Waals surface area (Å²) in [7, 11) is 3.22. The number of ether oxygens (including phenoxy) is 3. The number of hydrogen-bond acceptors (Lipinski definition) is 4. The predicted octanol–water partition coefficient (Wildman–Crippen LogP) is 4.51. The van der Waals surface area contributed by atoms with Gasteiger partial charge in [-0.05, 0) is 41.0 Å². The van der Waals surface area contributed by atoms with Crippen molar-refractivity contribution in [3.8, 4) is 17.2 Å². The fourth-order valence-electron chi connectivity index (χ4n) is 2.85. The van der Waals surface area contributed by atoms with Gasteiger partial charge in [-0.3, -0.25) is 0 Å². The lowest BCUT2D eigenvalue weighted by Crippen LogP contribution is -2.31. The number of hydrogen-bond donors (Lipinski definition) is 2. The molecule has 6 nitrogen and oxygen atoms in total. The Bertz CT molecular complexity index is 964. The summed E-state index contributed by atoms with van der Waals surface area (Å²) in [5, 5.41) is 3.13. The number of rotatable bonds is 9. The molecule has 0 saturated carbocycles. The number of methoxy groups -OCH3 is 2. The van der Waals surface area contributed by atoms with Crippen LogP contribution in [0, 0.1) is 0 Å². The number of aliphatic imine (C=N–C) groups is 1. The number of nitrogens with two attached hydrogens (primary N) is 1. The summed E-state index contributed by atoms with van der Waals surface area (Å²) in [6.07, 6.45) is 0. The van der Waals surface area contributed by atoms with E-state index in [1.54, 1.807) is 14.2 Å². The Morgan fingerprint density at radius 1 is 0.839 bits per heavy atom. The highest BCUT2D eigenvalue weighted by atomic mass is 127. The van der Waals surface area contributed by atoms with Gasteiger partial charge in [0.15, 0.2) is 17.5 Å². The van der Waals surface area contributed by atoms with E-state index in [4.69, 9.17) is 19.9 Å². The number of benzene rings is 3. The SMILES string of the molecule is COc1ccc(CN=C(N)NCc2ccc(OCc3ccccc3)cc2)cc1OC.I. The van der Waals surface area contributed by atoms with Crippen LogP contribution >= 0.6 is 24.0 Å². The Labute approximate surface area is 200 Å². The van der Waals surface area contributed by atoms with Crippen LogP contribution in [0.5, 0.6) is 17.2 Å². The standard InChI is InChI=1S/C24H27N3O3.HI/c1-28-22-13-10-20(14-23(22)29-2)16-27-24(25)26-15-18-8-11-21(12-9-18)30-17-19-6-4-3-5-7-19;/h3-14H,15-17H2,1-2H3,(H3,25,26,27);1H. The Balaban J connectivity index is 0.00000341. The molecule has 164 valence electrons. The lowest BCUT2D eigenvalue weighted by atomic mass is 10.2. The molecule has 3 N–H and O–H groups in total. The highest BCUT2D eigenvalue weighted by Gasteiger charge is 2.04. The van der Waals surface area contributed by atoms with Gasteiger partial charge in [0, 0.05) is 6.54 Å². The van der Waals surface area contributed by atoms with Crippen LogP contribution in [0.25, 0.3) is 0 Å². The van der Waals surface area contributed by atoms with Gasteiger partial charge in [-0.15, -0.1) is 24.0 Å². The van der Waals surface area contributed by atoms with Crippen molar-refractivity contribution < 1.29 is 14.2 Å². The van der Waals surface area contributed by atoms with Crippen LogP contribution in [-0.4, -0.2) is 20.2 Å². The van der Waals surface area contributed by atoms with E-state index in [1.165, 1.54) is 0 Å². The van der Waals surface area contributed by atoms with Crippen molar-refractivity contribution in [3.05, 3.63) is 89.5 Å². The Morgan fingerprint density at radius 3 is 2.19 bits per heavy atom. The van der Waals surface area contributed by atoms with Crippen LogP contribution in [0.4, 0.5) is 0 Å². The average Bonchev–Trinajstić information content (AvgIpc) is 2.81. The molecule has 3 rings (SSSR count). The van der Waals surface area contributed by atoms with Crippen molar-refractivity contribution in [1.82, 2.24) is 5.32 Å². The predicted molar refractivity (Wildman–Crippen MR) is 134 cm³/mol. The highest BCUT2D eigenvalue weighted by molar-refractivity contribution is 14.0. The van der Waals surface area contributed by atoms with Crippen molar-refractivity contribution in [1.29, 1.82) is 0 Å². The molecule has 0 atom stereocenters. The van der Waals surface area contributed by atoms with E-state index < -0.39 is 0 Å². The molecule has 0 aromatic heterocycles. The Hall–Kier alpha value is -2.94. The van der Waals surface area contributed by atoms with Crippen molar-refractivity contribution >= 4 is 29.9 Å². The topological polar surface area (TPSA) is 78.1 Å². The van der Waals surface area contributed by atoms with E-state index in [0.29, 0.717) is 37.2 Å². The molecule has 0 spiro atoms. The number of guanidine groups is 1. The summed E-state index contributed by atoms with van der Waals surface area (Å²) >= 11 is 0. The van der Waals surface area contributed by atoms with E-state index in [0.717, 1.165) is 22.4 Å². The molecule has 3 aromatic rings. The van der Waals surface area contributed by atoms with Crippen LogP contribution in [0.3, 0.4) is 0 Å². The Morgan fingerprint density at radius 2 is 1.52 bits per heavy atom. The van der Waals surface area contributed by atoms with Gasteiger partial charge < -0.3 is 25.3 Å². The minimum absolute atomic E-state index is 0. The van der Waals surface area contributed by atoms with Crippen LogP contribution in [0.15, 0.2) is 77.8 Å². The third-order valence-corrected chi connectivity index (χ3v) is 4.53. The second kappa shape index (κ2) is 12.7. The van der Waals surface area contributed by atoms with E-state index in [2.05, 4.69) is 10.3 Å². The van der Waals surface area contributed by atoms with E-state index in [9.17, 15) is 0 Å². The molecule has 0 aliphatic carbocycles. The molecular formula is C24H28IN3O3. The molecule has 0 fully saturated rings. The van der Waals surface area contributed by atoms with Gasteiger partial charge in [-0.2, -0.15) is 0 Å². The number of nitrogens with zero attached hydrogens (tertiary/aromatic N) is 1. The smallest absolute Gasteiger partial charge is 0.189 e. The number of nitrogens with one attached hydrogen (secondary N) is 1. The van der Waals surface area contributed by atoms with Gasteiger partial charge in [0.1, 0.15) is 12.4 Å². The molecular weight excluding hydrogens is 505 g/mol. The summed E-state index contributed by atoms with van der Waals surface area (Å²) < 4.78 is 16.4. The normalized spacial score (nSPS) is 10.7. The van der Waals surface area contributed by atoms with Crippen LogP contribution < -0.4 is 25.3 Å². The van der Waals surface area contributed by atoms with Gasteiger partial charge >= 0.3 is 0 Å². The summed E-state index contributed by atoms with van der Waals surface area (Å²) in [5.41, 5.74) is 9.21. The lowest BCUT2D eigenvalue weighted by Gasteiger charge is -2.10. The summed E-state index contributed by atoms with van der Waals surface area (Å²) in [4.78, 5) is 4.38. The summed E-state index contributed by atoms with van der Waals surface area (Å²) in [6, 6.07) is 23.7. The van der Waals surface area contributed by atoms with Gasteiger partial charge in [0.25, 0.3) is 0 Å². The minimum atomic E-state index is 0. The minimum Gasteiger partial charge on any atom is -0.493 e. The van der Waals surface area contributed by atoms with Crippen LogP contribution in [0.1, 0.15) is 16.7 Å². The second-order valence-electron chi connectivity index (χ2n) is 6.66. The highest BCUT2D eigenvalue weighted by Crippen LogP contribution is 2.27. The maximum Gasteiger partial charge on any atom is 0.189 e. The first kappa shape index (κ1) is 24.3. The maximum absolute atomic E-state index is 6.00. The Kier molecular flexibility index (Phi) is 9.96. The lowest BCUT2D eigenvalue weighted by molar-refractivity contribution is 0.306. The summed E-state index contributed by atoms with van der Waals surface area (Å²) in [6.45, 7) is 1.58. The zero-order valence-electron chi connectivity index (χ0n) is 17.7. The average molecular weight is 533 g/mol. The molecule has 0 bridgehead atoms. The van der Waals surface area contributed by atoms with Gasteiger partial charge in [0.2, 0.25) is 0 Å². The quantitative estimate of drug-likeness (QED) is 0.241. The van der Waals surface area contributed by atoms with Crippen molar-refractivity contribution in [3.63, 3.8) is 0 Å². The molecule has 0 aliphatic heterocycles. The molecule has 0 heterocycles. The van der Waals surface area contributed by atoms with Crippen molar-refractivity contribution in [2.75, 3.05) is 14.2 Å². The molecule has 7 heteroatoms. The second-order valence-corrected chi connectivity index (χ2v) is 6.66. The van der Waals surface area contributed by atoms with Crippen LogP contribution in [0.2, 0.25) is 0 Å².